The summed E-state index contributed by atoms with van der Waals surface area (Å²) >= 11 is 3.18. The fraction of sp³-hybridized carbons (Fsp3) is 0.222. The van der Waals surface area contributed by atoms with Crippen LogP contribution in [0.5, 0.6) is 0 Å². The Morgan fingerprint density at radius 1 is 1.54 bits per heavy atom. The van der Waals surface area contributed by atoms with E-state index in [0.29, 0.717) is 6.42 Å². The van der Waals surface area contributed by atoms with Gasteiger partial charge in [0.25, 0.3) is 0 Å². The number of rotatable bonds is 3. The van der Waals surface area contributed by atoms with Gasteiger partial charge in [-0.15, -0.1) is 22.7 Å². The minimum Gasteiger partial charge on any atom is -0.386 e. The van der Waals surface area contributed by atoms with Crippen molar-refractivity contribution in [1.82, 2.24) is 4.98 Å². The normalized spacial score (nSPS) is 13.0. The summed E-state index contributed by atoms with van der Waals surface area (Å²) in [5, 5.41) is 13.6. The number of thiazole rings is 1. The molecular weight excluding hydrogens is 202 g/mol. The van der Waals surface area contributed by atoms with E-state index in [1.165, 1.54) is 16.2 Å². The zero-order valence-electron chi connectivity index (χ0n) is 6.88. The van der Waals surface area contributed by atoms with Gasteiger partial charge in [-0.3, -0.25) is 0 Å². The molecule has 0 saturated heterocycles. The summed E-state index contributed by atoms with van der Waals surface area (Å²) in [5.41, 5.74) is 2.52. The standard InChI is InChI=1S/C9H9NOS2/c11-9(8-5-12-6-10-8)4-7-2-1-3-13-7/h1-3,5-6,9,11H,4H2. The second-order valence-corrected chi connectivity index (χ2v) is 4.46. The van der Waals surface area contributed by atoms with Gasteiger partial charge in [0.2, 0.25) is 0 Å². The first-order chi connectivity index (χ1) is 6.36. The largest absolute Gasteiger partial charge is 0.386 e. The predicted octanol–water partition coefficient (Wildman–Crippen LogP) is 2.48. The van der Waals surface area contributed by atoms with Gasteiger partial charge >= 0.3 is 0 Å². The second-order valence-electron chi connectivity index (χ2n) is 2.71. The van der Waals surface area contributed by atoms with Crippen molar-refractivity contribution in [2.45, 2.75) is 12.5 Å². The summed E-state index contributed by atoms with van der Waals surface area (Å²) in [7, 11) is 0. The van der Waals surface area contributed by atoms with Gasteiger partial charge in [-0.25, -0.2) is 4.98 Å². The van der Waals surface area contributed by atoms with Crippen molar-refractivity contribution in [3.63, 3.8) is 0 Å². The average Bonchev–Trinajstić information content (AvgIpc) is 2.74. The Morgan fingerprint density at radius 3 is 3.08 bits per heavy atom. The highest BCUT2D eigenvalue weighted by molar-refractivity contribution is 7.09. The molecule has 2 aromatic rings. The predicted molar refractivity (Wildman–Crippen MR) is 55.1 cm³/mol. The average molecular weight is 211 g/mol. The van der Waals surface area contributed by atoms with E-state index in [2.05, 4.69) is 4.98 Å². The van der Waals surface area contributed by atoms with Crippen LogP contribution in [0.2, 0.25) is 0 Å². The fourth-order valence-corrected chi connectivity index (χ4v) is 2.45. The van der Waals surface area contributed by atoms with Crippen molar-refractivity contribution in [2.24, 2.45) is 0 Å². The van der Waals surface area contributed by atoms with Gasteiger partial charge in [-0.2, -0.15) is 0 Å². The van der Waals surface area contributed by atoms with Crippen LogP contribution in [0, 0.1) is 0 Å². The van der Waals surface area contributed by atoms with E-state index < -0.39 is 6.10 Å². The Hall–Kier alpha value is -0.710. The first kappa shape index (κ1) is 8.87. The van der Waals surface area contributed by atoms with Crippen molar-refractivity contribution in [2.75, 3.05) is 0 Å². The van der Waals surface area contributed by atoms with Gasteiger partial charge in [0.1, 0.15) is 6.10 Å². The summed E-state index contributed by atoms with van der Waals surface area (Å²) in [6.45, 7) is 0. The van der Waals surface area contributed by atoms with Crippen LogP contribution >= 0.6 is 22.7 Å². The Morgan fingerprint density at radius 2 is 2.46 bits per heavy atom. The third-order valence-electron chi connectivity index (χ3n) is 1.77. The van der Waals surface area contributed by atoms with E-state index in [0.717, 1.165) is 5.69 Å². The van der Waals surface area contributed by atoms with Crippen LogP contribution in [0.15, 0.2) is 28.4 Å². The third kappa shape index (κ3) is 2.15. The lowest BCUT2D eigenvalue weighted by atomic mass is 10.2. The molecule has 2 nitrogen and oxygen atoms in total. The topological polar surface area (TPSA) is 33.1 Å². The van der Waals surface area contributed by atoms with E-state index in [1.807, 2.05) is 22.9 Å². The maximum absolute atomic E-state index is 9.73. The summed E-state index contributed by atoms with van der Waals surface area (Å²) in [5.74, 6) is 0. The number of aliphatic hydroxyl groups excluding tert-OH is 1. The maximum Gasteiger partial charge on any atom is 0.102 e. The van der Waals surface area contributed by atoms with Crippen molar-refractivity contribution < 1.29 is 5.11 Å². The molecule has 0 spiro atoms. The van der Waals surface area contributed by atoms with Crippen LogP contribution in [0.25, 0.3) is 0 Å². The minimum atomic E-state index is -0.454. The van der Waals surface area contributed by atoms with Crippen LogP contribution < -0.4 is 0 Å². The van der Waals surface area contributed by atoms with Gasteiger partial charge in [0.05, 0.1) is 11.2 Å². The number of aliphatic hydroxyl groups is 1. The molecule has 0 aliphatic carbocycles. The molecule has 2 heterocycles. The van der Waals surface area contributed by atoms with E-state index >= 15 is 0 Å². The van der Waals surface area contributed by atoms with Gasteiger partial charge in [0, 0.05) is 16.7 Å². The van der Waals surface area contributed by atoms with E-state index in [-0.39, 0.29) is 0 Å². The summed E-state index contributed by atoms with van der Waals surface area (Å²) in [6.07, 6.45) is 0.214. The number of aromatic nitrogens is 1. The van der Waals surface area contributed by atoms with Gasteiger partial charge < -0.3 is 5.11 Å². The number of nitrogens with zero attached hydrogens (tertiary/aromatic N) is 1. The second kappa shape index (κ2) is 4.00. The van der Waals surface area contributed by atoms with Gasteiger partial charge in [-0.05, 0) is 11.4 Å². The van der Waals surface area contributed by atoms with Crippen LogP contribution in [-0.2, 0) is 6.42 Å². The molecule has 68 valence electrons. The molecule has 0 bridgehead atoms. The van der Waals surface area contributed by atoms with Crippen molar-refractivity contribution in [3.8, 4) is 0 Å². The van der Waals surface area contributed by atoms with Crippen molar-refractivity contribution in [3.05, 3.63) is 39.0 Å². The summed E-state index contributed by atoms with van der Waals surface area (Å²) in [6, 6.07) is 4.02. The molecule has 0 amide bonds. The molecule has 0 aromatic carbocycles. The molecule has 0 saturated carbocycles. The third-order valence-corrected chi connectivity index (χ3v) is 3.27. The van der Waals surface area contributed by atoms with E-state index in [1.54, 1.807) is 16.8 Å². The smallest absolute Gasteiger partial charge is 0.102 e. The molecule has 1 atom stereocenters. The van der Waals surface area contributed by atoms with Crippen LogP contribution in [0.1, 0.15) is 16.7 Å². The molecule has 1 N–H and O–H groups in total. The Balaban J connectivity index is 2.04. The molecule has 4 heteroatoms. The summed E-state index contributed by atoms with van der Waals surface area (Å²) < 4.78 is 0. The van der Waals surface area contributed by atoms with Crippen molar-refractivity contribution >= 4 is 22.7 Å². The maximum atomic E-state index is 9.73. The summed E-state index contributed by atoms with van der Waals surface area (Å²) in [4.78, 5) is 5.26. The van der Waals surface area contributed by atoms with Crippen molar-refractivity contribution in [1.29, 1.82) is 0 Å². The lowest BCUT2D eigenvalue weighted by Crippen LogP contribution is -2.00. The first-order valence-electron chi connectivity index (χ1n) is 3.95. The number of thiophene rings is 1. The first-order valence-corrected chi connectivity index (χ1v) is 5.77. The molecule has 13 heavy (non-hydrogen) atoms. The monoisotopic (exact) mass is 211 g/mol. The molecule has 2 aromatic heterocycles. The van der Waals surface area contributed by atoms with E-state index in [4.69, 9.17) is 0 Å². The molecule has 2 rings (SSSR count). The molecule has 0 aliphatic rings. The SMILES string of the molecule is OC(Cc1cccs1)c1cscn1. The van der Waals surface area contributed by atoms with Crippen LogP contribution in [-0.4, -0.2) is 10.1 Å². The lowest BCUT2D eigenvalue weighted by molar-refractivity contribution is 0.175. The number of hydrogen-bond donors (Lipinski definition) is 1. The van der Waals surface area contributed by atoms with Crippen LogP contribution in [0.3, 0.4) is 0 Å². The van der Waals surface area contributed by atoms with Crippen LogP contribution in [0.4, 0.5) is 0 Å². The highest BCUT2D eigenvalue weighted by Crippen LogP contribution is 2.20. The number of hydrogen-bond acceptors (Lipinski definition) is 4. The molecule has 1 unspecified atom stereocenters. The molecule has 0 radical (unpaired) electrons. The Labute approximate surface area is 84.5 Å². The minimum absolute atomic E-state index is 0.454. The molecule has 0 fully saturated rings. The lowest BCUT2D eigenvalue weighted by Gasteiger charge is -2.04. The van der Waals surface area contributed by atoms with Gasteiger partial charge in [-0.1, -0.05) is 6.07 Å². The zero-order chi connectivity index (χ0) is 9.10. The Bertz CT molecular complexity index is 342. The highest BCUT2D eigenvalue weighted by Gasteiger charge is 2.10. The fourth-order valence-electron chi connectivity index (χ4n) is 1.11. The molecular formula is C9H9NOS2. The highest BCUT2D eigenvalue weighted by atomic mass is 32.1. The van der Waals surface area contributed by atoms with Gasteiger partial charge in [0.15, 0.2) is 0 Å². The Kier molecular flexibility index (Phi) is 2.73. The quantitative estimate of drug-likeness (QED) is 0.846. The molecule has 0 aliphatic heterocycles. The van der Waals surface area contributed by atoms with E-state index in [9.17, 15) is 5.11 Å². The zero-order valence-corrected chi connectivity index (χ0v) is 8.52.